The summed E-state index contributed by atoms with van der Waals surface area (Å²) < 4.78 is 0. The molecule has 0 bridgehead atoms. The molecule has 100 valence electrons. The molecule has 0 heterocycles. The van der Waals surface area contributed by atoms with E-state index in [4.69, 9.17) is 0 Å². The van der Waals surface area contributed by atoms with Gasteiger partial charge >= 0.3 is 0 Å². The zero-order valence-corrected chi connectivity index (χ0v) is 12.9. The number of allylic oxidation sites excluding steroid dienone is 1. The van der Waals surface area contributed by atoms with Gasteiger partial charge in [-0.15, -0.1) is 13.2 Å². The van der Waals surface area contributed by atoms with Gasteiger partial charge < -0.3 is 0 Å². The molecule has 0 fully saturated rings. The van der Waals surface area contributed by atoms with Gasteiger partial charge in [0.05, 0.1) is 0 Å². The highest BCUT2D eigenvalue weighted by atomic mass is 14.0. The molecule has 0 aliphatic carbocycles. The first-order valence-electron chi connectivity index (χ1n) is 6.97. The molecular weight excluding hydrogens is 192 g/mol. The van der Waals surface area contributed by atoms with Crippen molar-refractivity contribution < 1.29 is 0 Å². The summed E-state index contributed by atoms with van der Waals surface area (Å²) in [7, 11) is 0. The Hall–Kier alpha value is -0.520. The maximum absolute atomic E-state index is 4.02. The molecular formula is C16H36. The fourth-order valence-corrected chi connectivity index (χ4v) is 1.10. The summed E-state index contributed by atoms with van der Waals surface area (Å²) in [5, 5.41) is 0. The van der Waals surface area contributed by atoms with Crippen LogP contribution < -0.4 is 0 Å². The molecule has 0 aliphatic heterocycles. The van der Waals surface area contributed by atoms with Crippen LogP contribution in [0.2, 0.25) is 0 Å². The SMILES string of the molecule is C=C.C=C(CCC)CCCCC.CC.CC. The van der Waals surface area contributed by atoms with E-state index in [1.807, 2.05) is 27.7 Å². The van der Waals surface area contributed by atoms with Crippen LogP contribution >= 0.6 is 0 Å². The third-order valence-electron chi connectivity index (χ3n) is 1.74. The number of hydrogen-bond acceptors (Lipinski definition) is 0. The zero-order valence-electron chi connectivity index (χ0n) is 12.9. The lowest BCUT2D eigenvalue weighted by Crippen LogP contribution is -1.81. The molecule has 0 aromatic rings. The Morgan fingerprint density at radius 2 is 1.19 bits per heavy atom. The molecule has 0 amide bonds. The molecule has 0 atom stereocenters. The van der Waals surface area contributed by atoms with Crippen LogP contribution in [-0.2, 0) is 0 Å². The molecule has 0 radical (unpaired) electrons. The van der Waals surface area contributed by atoms with E-state index >= 15 is 0 Å². The minimum Gasteiger partial charge on any atom is -0.106 e. The summed E-state index contributed by atoms with van der Waals surface area (Å²) in [6.07, 6.45) is 7.76. The van der Waals surface area contributed by atoms with Gasteiger partial charge in [-0.05, 0) is 19.3 Å². The van der Waals surface area contributed by atoms with Crippen LogP contribution in [0, 0.1) is 0 Å². The smallest absolute Gasteiger partial charge is 0.0323 e. The van der Waals surface area contributed by atoms with Crippen molar-refractivity contribution in [2.45, 2.75) is 80.1 Å². The number of hydrogen-bond donors (Lipinski definition) is 0. The van der Waals surface area contributed by atoms with Gasteiger partial charge in [-0.3, -0.25) is 0 Å². The first-order valence-corrected chi connectivity index (χ1v) is 6.97. The van der Waals surface area contributed by atoms with Crippen LogP contribution in [0.1, 0.15) is 80.1 Å². The summed E-state index contributed by atoms with van der Waals surface area (Å²) in [4.78, 5) is 0. The van der Waals surface area contributed by atoms with Gasteiger partial charge in [-0.2, -0.15) is 0 Å². The Morgan fingerprint density at radius 1 is 0.750 bits per heavy atom. The normalized spacial score (nSPS) is 7.12. The summed E-state index contributed by atoms with van der Waals surface area (Å²) in [6, 6.07) is 0. The van der Waals surface area contributed by atoms with Crippen LogP contribution in [0.4, 0.5) is 0 Å². The fraction of sp³-hybridized carbons (Fsp3) is 0.750. The zero-order chi connectivity index (χ0) is 13.8. The molecule has 0 spiro atoms. The minimum atomic E-state index is 1.23. The van der Waals surface area contributed by atoms with Crippen LogP contribution in [0.15, 0.2) is 25.3 Å². The lowest BCUT2D eigenvalue weighted by Gasteiger charge is -2.01. The van der Waals surface area contributed by atoms with Gasteiger partial charge in [0.15, 0.2) is 0 Å². The van der Waals surface area contributed by atoms with Crippen LogP contribution in [0.3, 0.4) is 0 Å². The highest BCUT2D eigenvalue weighted by Crippen LogP contribution is 2.11. The van der Waals surface area contributed by atoms with Crippen molar-refractivity contribution in [2.24, 2.45) is 0 Å². The molecule has 0 heteroatoms. The first kappa shape index (κ1) is 24.6. The largest absolute Gasteiger partial charge is 0.106 e. The van der Waals surface area contributed by atoms with Gasteiger partial charge in [-0.1, -0.05) is 73.0 Å². The van der Waals surface area contributed by atoms with Gasteiger partial charge in [0.1, 0.15) is 0 Å². The van der Waals surface area contributed by atoms with Crippen molar-refractivity contribution in [2.75, 3.05) is 0 Å². The molecule has 0 saturated heterocycles. The second-order valence-corrected chi connectivity index (χ2v) is 2.96. The average molecular weight is 228 g/mol. The molecule has 0 aliphatic rings. The monoisotopic (exact) mass is 228 g/mol. The Morgan fingerprint density at radius 3 is 1.50 bits per heavy atom. The van der Waals surface area contributed by atoms with Gasteiger partial charge in [0, 0.05) is 0 Å². The third-order valence-corrected chi connectivity index (χ3v) is 1.74. The van der Waals surface area contributed by atoms with Crippen molar-refractivity contribution in [1.82, 2.24) is 0 Å². The standard InChI is InChI=1S/C10H20.2C2H6.C2H4/c1-4-6-7-9-10(3)8-5-2;3*1-2/h3-9H2,1-2H3;2*1-2H3;1-2H2. The van der Waals surface area contributed by atoms with Gasteiger partial charge in [0.25, 0.3) is 0 Å². The summed E-state index contributed by atoms with van der Waals surface area (Å²) in [5.41, 5.74) is 1.44. The van der Waals surface area contributed by atoms with E-state index in [1.165, 1.54) is 44.1 Å². The molecule has 0 aromatic heterocycles. The molecule has 0 nitrogen and oxygen atoms in total. The van der Waals surface area contributed by atoms with Crippen LogP contribution in [-0.4, -0.2) is 0 Å². The van der Waals surface area contributed by atoms with E-state index in [1.54, 1.807) is 0 Å². The van der Waals surface area contributed by atoms with Crippen molar-refractivity contribution in [3.8, 4) is 0 Å². The Kier molecular flexibility index (Phi) is 56.3. The van der Waals surface area contributed by atoms with Crippen LogP contribution in [0.25, 0.3) is 0 Å². The predicted molar refractivity (Wildman–Crippen MR) is 82.1 cm³/mol. The fourth-order valence-electron chi connectivity index (χ4n) is 1.10. The second-order valence-electron chi connectivity index (χ2n) is 2.96. The van der Waals surface area contributed by atoms with E-state index in [0.717, 1.165) is 0 Å². The first-order chi connectivity index (χ1) is 7.81. The number of unbranched alkanes of at least 4 members (excludes halogenated alkanes) is 2. The maximum Gasteiger partial charge on any atom is -0.0323 e. The Balaban J connectivity index is -0.000000103. The lowest BCUT2D eigenvalue weighted by atomic mass is 10.1. The Bertz CT molecular complexity index is 92.2. The molecule has 0 unspecified atom stereocenters. The lowest BCUT2D eigenvalue weighted by molar-refractivity contribution is 0.693. The third kappa shape index (κ3) is 37.5. The highest BCUT2D eigenvalue weighted by molar-refractivity contribution is 4.92. The minimum absolute atomic E-state index is 1.23. The number of rotatable bonds is 6. The predicted octanol–water partition coefficient (Wildman–Crippen LogP) is 6.78. The highest BCUT2D eigenvalue weighted by Gasteiger charge is 1.91. The topological polar surface area (TPSA) is 0 Å². The quantitative estimate of drug-likeness (QED) is 0.347. The van der Waals surface area contributed by atoms with E-state index < -0.39 is 0 Å². The average Bonchev–Trinajstić information content (AvgIpc) is 2.37. The van der Waals surface area contributed by atoms with Crippen LogP contribution in [0.5, 0.6) is 0 Å². The molecule has 16 heavy (non-hydrogen) atoms. The van der Waals surface area contributed by atoms with Gasteiger partial charge in [0.2, 0.25) is 0 Å². The van der Waals surface area contributed by atoms with Crippen molar-refractivity contribution in [3.63, 3.8) is 0 Å². The molecule has 0 rings (SSSR count). The van der Waals surface area contributed by atoms with Gasteiger partial charge in [-0.25, -0.2) is 0 Å². The summed E-state index contributed by atoms with van der Waals surface area (Å²) >= 11 is 0. The molecule has 0 saturated carbocycles. The van der Waals surface area contributed by atoms with Crippen molar-refractivity contribution in [3.05, 3.63) is 25.3 Å². The maximum atomic E-state index is 4.02. The summed E-state index contributed by atoms with van der Waals surface area (Å²) in [5.74, 6) is 0. The van der Waals surface area contributed by atoms with Crippen molar-refractivity contribution in [1.29, 1.82) is 0 Å². The second kappa shape index (κ2) is 36.6. The van der Waals surface area contributed by atoms with E-state index in [9.17, 15) is 0 Å². The molecule has 0 N–H and O–H groups in total. The van der Waals surface area contributed by atoms with E-state index in [0.29, 0.717) is 0 Å². The van der Waals surface area contributed by atoms with Crippen molar-refractivity contribution >= 4 is 0 Å². The summed E-state index contributed by atoms with van der Waals surface area (Å²) in [6.45, 7) is 22.5. The molecule has 0 aromatic carbocycles. The van der Waals surface area contributed by atoms with E-state index in [2.05, 4.69) is 33.6 Å². The van der Waals surface area contributed by atoms with E-state index in [-0.39, 0.29) is 0 Å². The Labute approximate surface area is 106 Å².